The van der Waals surface area contributed by atoms with Gasteiger partial charge >= 0.3 is 11.9 Å². The Morgan fingerprint density at radius 3 is 2.11 bits per heavy atom. The lowest BCUT2D eigenvalue weighted by molar-refractivity contribution is -0.160. The molecule has 0 radical (unpaired) electrons. The first-order chi connectivity index (χ1) is 12.6. The van der Waals surface area contributed by atoms with Crippen molar-refractivity contribution in [2.75, 3.05) is 13.7 Å². The standard InChI is InChI=1S/C20H33NO6/c1-20(2,3)27-19(25)14-9-15(16(22)10-14)11-21-17(23)12-5-7-13(8-6-12)18(24)26-4/h12-16,22H,5-11H2,1-4H3,(H,21,23)/t12?,13?,14-,15-,16+/m0/s1. The number of hydrogen-bond donors (Lipinski definition) is 2. The van der Waals surface area contributed by atoms with Crippen molar-refractivity contribution < 1.29 is 29.0 Å². The average molecular weight is 383 g/mol. The summed E-state index contributed by atoms with van der Waals surface area (Å²) in [5.74, 6) is -1.19. The predicted octanol–water partition coefficient (Wildman–Crippen LogP) is 1.81. The Bertz CT molecular complexity index is 547. The molecule has 2 aliphatic rings. The molecule has 0 aromatic carbocycles. The third kappa shape index (κ3) is 6.19. The highest BCUT2D eigenvalue weighted by atomic mass is 16.6. The van der Waals surface area contributed by atoms with E-state index in [1.165, 1.54) is 7.11 Å². The van der Waals surface area contributed by atoms with E-state index in [4.69, 9.17) is 9.47 Å². The number of ether oxygens (including phenoxy) is 2. The van der Waals surface area contributed by atoms with E-state index in [1.54, 1.807) is 0 Å². The number of aliphatic hydroxyl groups is 1. The van der Waals surface area contributed by atoms with Crippen molar-refractivity contribution in [3.05, 3.63) is 0 Å². The Morgan fingerprint density at radius 1 is 0.963 bits per heavy atom. The summed E-state index contributed by atoms with van der Waals surface area (Å²) >= 11 is 0. The molecule has 3 atom stereocenters. The summed E-state index contributed by atoms with van der Waals surface area (Å²) in [6, 6.07) is 0. The summed E-state index contributed by atoms with van der Waals surface area (Å²) in [6.07, 6.45) is 2.94. The third-order valence-corrected chi connectivity index (χ3v) is 5.57. The Balaban J connectivity index is 1.75. The maximum Gasteiger partial charge on any atom is 0.309 e. The molecular weight excluding hydrogens is 350 g/mol. The Morgan fingerprint density at radius 2 is 1.56 bits per heavy atom. The fourth-order valence-corrected chi connectivity index (χ4v) is 4.03. The predicted molar refractivity (Wildman–Crippen MR) is 98.5 cm³/mol. The highest BCUT2D eigenvalue weighted by molar-refractivity contribution is 5.79. The van der Waals surface area contributed by atoms with Gasteiger partial charge in [0.15, 0.2) is 0 Å². The van der Waals surface area contributed by atoms with Crippen LogP contribution in [0, 0.1) is 23.7 Å². The normalized spacial score (nSPS) is 31.2. The molecule has 0 bridgehead atoms. The molecule has 0 heterocycles. The van der Waals surface area contributed by atoms with E-state index < -0.39 is 11.7 Å². The van der Waals surface area contributed by atoms with Gasteiger partial charge in [0.05, 0.1) is 25.0 Å². The van der Waals surface area contributed by atoms with Gasteiger partial charge in [0.1, 0.15) is 5.60 Å². The lowest BCUT2D eigenvalue weighted by Gasteiger charge is -2.26. The first-order valence-corrected chi connectivity index (χ1v) is 9.87. The lowest BCUT2D eigenvalue weighted by Crippen LogP contribution is -2.38. The molecule has 2 aliphatic carbocycles. The molecule has 0 aliphatic heterocycles. The van der Waals surface area contributed by atoms with Crippen LogP contribution in [0.15, 0.2) is 0 Å². The molecule has 0 spiro atoms. The van der Waals surface area contributed by atoms with Gasteiger partial charge in [-0.25, -0.2) is 0 Å². The minimum atomic E-state index is -0.613. The zero-order valence-electron chi connectivity index (χ0n) is 16.8. The molecule has 2 fully saturated rings. The molecule has 7 heteroatoms. The molecule has 0 unspecified atom stereocenters. The molecule has 2 rings (SSSR count). The van der Waals surface area contributed by atoms with Gasteiger partial charge in [-0.15, -0.1) is 0 Å². The maximum absolute atomic E-state index is 12.4. The van der Waals surface area contributed by atoms with E-state index in [-0.39, 0.29) is 41.5 Å². The van der Waals surface area contributed by atoms with Crippen LogP contribution < -0.4 is 5.32 Å². The summed E-state index contributed by atoms with van der Waals surface area (Å²) in [7, 11) is 1.39. The molecule has 7 nitrogen and oxygen atoms in total. The van der Waals surface area contributed by atoms with Crippen LogP contribution >= 0.6 is 0 Å². The van der Waals surface area contributed by atoms with E-state index in [2.05, 4.69) is 5.32 Å². The molecule has 2 saturated carbocycles. The minimum Gasteiger partial charge on any atom is -0.469 e. The molecule has 0 aromatic rings. The molecule has 2 N–H and O–H groups in total. The SMILES string of the molecule is COC(=O)C1CCC(C(=O)NC[C@@H]2C[C@H](C(=O)OC(C)(C)C)C[C@H]2O)CC1. The van der Waals surface area contributed by atoms with Gasteiger partial charge < -0.3 is 19.9 Å². The Labute approximate surface area is 161 Å². The van der Waals surface area contributed by atoms with Crippen LogP contribution in [0.1, 0.15) is 59.3 Å². The largest absolute Gasteiger partial charge is 0.469 e. The van der Waals surface area contributed by atoms with Crippen molar-refractivity contribution in [1.29, 1.82) is 0 Å². The molecule has 154 valence electrons. The van der Waals surface area contributed by atoms with Crippen LogP contribution in [0.4, 0.5) is 0 Å². The molecule has 1 amide bonds. The van der Waals surface area contributed by atoms with Crippen LogP contribution in [-0.4, -0.2) is 48.3 Å². The van der Waals surface area contributed by atoms with Crippen molar-refractivity contribution in [3.8, 4) is 0 Å². The van der Waals surface area contributed by atoms with E-state index in [0.29, 0.717) is 45.1 Å². The second-order valence-corrected chi connectivity index (χ2v) is 8.85. The van der Waals surface area contributed by atoms with Crippen molar-refractivity contribution >= 4 is 17.8 Å². The molecule has 0 aromatic heterocycles. The van der Waals surface area contributed by atoms with Crippen LogP contribution in [0.2, 0.25) is 0 Å². The van der Waals surface area contributed by atoms with Gasteiger partial charge in [0.2, 0.25) is 5.91 Å². The van der Waals surface area contributed by atoms with Gasteiger partial charge in [0, 0.05) is 18.4 Å². The smallest absolute Gasteiger partial charge is 0.309 e. The van der Waals surface area contributed by atoms with E-state index in [1.807, 2.05) is 20.8 Å². The number of rotatable bonds is 5. The van der Waals surface area contributed by atoms with Crippen molar-refractivity contribution in [2.45, 2.75) is 71.0 Å². The van der Waals surface area contributed by atoms with Gasteiger partial charge in [-0.05, 0) is 59.3 Å². The van der Waals surface area contributed by atoms with Gasteiger partial charge in [-0.1, -0.05) is 0 Å². The van der Waals surface area contributed by atoms with Crippen LogP contribution in [0.25, 0.3) is 0 Å². The maximum atomic E-state index is 12.4. The van der Waals surface area contributed by atoms with Gasteiger partial charge in [-0.2, -0.15) is 0 Å². The molecule has 0 saturated heterocycles. The van der Waals surface area contributed by atoms with Crippen LogP contribution in [0.5, 0.6) is 0 Å². The number of nitrogens with one attached hydrogen (secondary N) is 1. The first kappa shape index (κ1) is 21.7. The van der Waals surface area contributed by atoms with Crippen molar-refractivity contribution in [1.82, 2.24) is 5.32 Å². The number of aliphatic hydroxyl groups excluding tert-OH is 1. The van der Waals surface area contributed by atoms with E-state index >= 15 is 0 Å². The summed E-state index contributed by atoms with van der Waals surface area (Å²) < 4.78 is 10.2. The number of carbonyl (C=O) groups is 3. The first-order valence-electron chi connectivity index (χ1n) is 9.87. The summed E-state index contributed by atoms with van der Waals surface area (Å²) in [4.78, 5) is 36.2. The number of hydrogen-bond acceptors (Lipinski definition) is 6. The van der Waals surface area contributed by atoms with Crippen molar-refractivity contribution in [2.24, 2.45) is 23.7 Å². The fraction of sp³-hybridized carbons (Fsp3) is 0.850. The lowest BCUT2D eigenvalue weighted by atomic mass is 9.81. The Kier molecular flexibility index (Phi) is 7.25. The average Bonchev–Trinajstić information content (AvgIpc) is 2.98. The zero-order chi connectivity index (χ0) is 20.2. The fourth-order valence-electron chi connectivity index (χ4n) is 4.03. The number of esters is 2. The number of methoxy groups -OCH3 is 1. The third-order valence-electron chi connectivity index (χ3n) is 5.57. The second-order valence-electron chi connectivity index (χ2n) is 8.85. The number of carbonyl (C=O) groups excluding carboxylic acids is 3. The summed E-state index contributed by atoms with van der Waals surface area (Å²) in [6.45, 7) is 5.82. The van der Waals surface area contributed by atoms with Crippen LogP contribution in [0.3, 0.4) is 0 Å². The quantitative estimate of drug-likeness (QED) is 0.702. The minimum absolute atomic E-state index is 0.0359. The molecular formula is C20H33NO6. The number of amides is 1. The summed E-state index contributed by atoms with van der Waals surface area (Å²) in [5, 5.41) is 13.2. The highest BCUT2D eigenvalue weighted by Crippen LogP contribution is 2.33. The van der Waals surface area contributed by atoms with Gasteiger partial charge in [-0.3, -0.25) is 14.4 Å². The zero-order valence-corrected chi connectivity index (χ0v) is 16.8. The monoisotopic (exact) mass is 383 g/mol. The van der Waals surface area contributed by atoms with Crippen LogP contribution in [-0.2, 0) is 23.9 Å². The molecule has 27 heavy (non-hydrogen) atoms. The topological polar surface area (TPSA) is 102 Å². The summed E-state index contributed by atoms with van der Waals surface area (Å²) in [5.41, 5.74) is -0.544. The van der Waals surface area contributed by atoms with E-state index in [0.717, 1.165) is 0 Å². The highest BCUT2D eigenvalue weighted by Gasteiger charge is 2.39. The Hall–Kier alpha value is -1.63. The second kappa shape index (κ2) is 9.04. The van der Waals surface area contributed by atoms with Crippen molar-refractivity contribution in [3.63, 3.8) is 0 Å². The van der Waals surface area contributed by atoms with E-state index in [9.17, 15) is 19.5 Å². The van der Waals surface area contributed by atoms with Gasteiger partial charge in [0.25, 0.3) is 0 Å².